The molecule has 152 valence electrons. The Morgan fingerprint density at radius 1 is 1.14 bits per heavy atom. The normalized spacial score (nSPS) is 21.6. The van der Waals surface area contributed by atoms with E-state index in [4.69, 9.17) is 21.6 Å². The first-order valence-electron chi connectivity index (χ1n) is 9.87. The van der Waals surface area contributed by atoms with Gasteiger partial charge in [0.2, 0.25) is 0 Å². The summed E-state index contributed by atoms with van der Waals surface area (Å²) in [5.41, 5.74) is 1.74. The van der Waals surface area contributed by atoms with Crippen LogP contribution >= 0.6 is 11.6 Å². The molecule has 0 aliphatic heterocycles. The standard InChI is InChI=1S/C24H27ClN2O2/c1-6-15-7-9-16(10-8-15)20(28)27-21-23(2,3)22(24(21,4)5)29-18-12-11-17(14-26)19(25)13-18/h7-13,21-22H,6H2,1-5H3,(H,27,28). The first kappa shape index (κ1) is 21.2. The molecule has 0 unspecified atom stereocenters. The van der Waals surface area contributed by atoms with Crippen LogP contribution in [0.2, 0.25) is 5.02 Å². The van der Waals surface area contributed by atoms with Crippen LogP contribution in [0.5, 0.6) is 5.75 Å². The maximum absolute atomic E-state index is 12.8. The third-order valence-electron chi connectivity index (χ3n) is 6.05. The lowest BCUT2D eigenvalue weighted by Crippen LogP contribution is -2.74. The van der Waals surface area contributed by atoms with E-state index < -0.39 is 0 Å². The van der Waals surface area contributed by atoms with E-state index in [0.717, 1.165) is 6.42 Å². The van der Waals surface area contributed by atoms with E-state index in [1.165, 1.54) is 5.56 Å². The van der Waals surface area contributed by atoms with Gasteiger partial charge in [0.1, 0.15) is 17.9 Å². The topological polar surface area (TPSA) is 62.1 Å². The van der Waals surface area contributed by atoms with Gasteiger partial charge in [-0.25, -0.2) is 0 Å². The van der Waals surface area contributed by atoms with Gasteiger partial charge < -0.3 is 10.1 Å². The number of benzene rings is 2. The molecule has 4 nitrogen and oxygen atoms in total. The number of ether oxygens (including phenoxy) is 1. The second kappa shape index (κ2) is 7.72. The van der Waals surface area contributed by atoms with Gasteiger partial charge in [-0.05, 0) is 36.2 Å². The van der Waals surface area contributed by atoms with E-state index >= 15 is 0 Å². The Morgan fingerprint density at radius 2 is 1.76 bits per heavy atom. The molecule has 5 heteroatoms. The molecule has 0 saturated heterocycles. The molecule has 1 saturated carbocycles. The molecule has 1 N–H and O–H groups in total. The molecule has 0 spiro atoms. The van der Waals surface area contributed by atoms with Crippen molar-refractivity contribution in [1.82, 2.24) is 5.32 Å². The van der Waals surface area contributed by atoms with Crippen molar-refractivity contribution in [3.05, 3.63) is 64.2 Å². The summed E-state index contributed by atoms with van der Waals surface area (Å²) in [4.78, 5) is 12.8. The van der Waals surface area contributed by atoms with E-state index in [2.05, 4.69) is 46.0 Å². The fourth-order valence-electron chi connectivity index (χ4n) is 4.70. The fraction of sp³-hybridized carbons (Fsp3) is 0.417. The molecular formula is C24H27ClN2O2. The predicted molar refractivity (Wildman–Crippen MR) is 115 cm³/mol. The number of rotatable bonds is 5. The van der Waals surface area contributed by atoms with Gasteiger partial charge in [0.05, 0.1) is 10.6 Å². The van der Waals surface area contributed by atoms with Gasteiger partial charge in [-0.1, -0.05) is 58.4 Å². The van der Waals surface area contributed by atoms with Crippen molar-refractivity contribution >= 4 is 17.5 Å². The van der Waals surface area contributed by atoms with Crippen molar-refractivity contribution in [3.63, 3.8) is 0 Å². The Labute approximate surface area is 177 Å². The number of aryl methyl sites for hydroxylation is 1. The number of nitrogens with one attached hydrogen (secondary N) is 1. The van der Waals surface area contributed by atoms with Gasteiger partial charge in [0, 0.05) is 28.5 Å². The average molecular weight is 411 g/mol. The quantitative estimate of drug-likeness (QED) is 0.719. The number of carbonyl (C=O) groups is 1. The molecule has 0 bridgehead atoms. The van der Waals surface area contributed by atoms with Gasteiger partial charge in [0.25, 0.3) is 5.91 Å². The van der Waals surface area contributed by atoms with Crippen LogP contribution in [0.4, 0.5) is 0 Å². The van der Waals surface area contributed by atoms with Crippen molar-refractivity contribution in [2.24, 2.45) is 10.8 Å². The Hall–Kier alpha value is -2.51. The van der Waals surface area contributed by atoms with Gasteiger partial charge in [0.15, 0.2) is 0 Å². The van der Waals surface area contributed by atoms with E-state index in [1.807, 2.05) is 24.3 Å². The molecule has 2 aromatic rings. The molecule has 29 heavy (non-hydrogen) atoms. The highest BCUT2D eigenvalue weighted by molar-refractivity contribution is 6.31. The Morgan fingerprint density at radius 3 is 2.28 bits per heavy atom. The molecule has 1 fully saturated rings. The molecule has 0 heterocycles. The molecule has 3 rings (SSSR count). The van der Waals surface area contributed by atoms with Crippen molar-refractivity contribution < 1.29 is 9.53 Å². The Kier molecular flexibility index (Phi) is 5.65. The van der Waals surface area contributed by atoms with Gasteiger partial charge in [-0.15, -0.1) is 0 Å². The molecular weight excluding hydrogens is 384 g/mol. The molecule has 0 aromatic heterocycles. The Balaban J connectivity index is 1.74. The summed E-state index contributed by atoms with van der Waals surface area (Å²) in [6.07, 6.45) is 0.829. The van der Waals surface area contributed by atoms with Crippen molar-refractivity contribution in [1.29, 1.82) is 5.26 Å². The summed E-state index contributed by atoms with van der Waals surface area (Å²) in [6.45, 7) is 10.5. The van der Waals surface area contributed by atoms with Crippen LogP contribution in [0.3, 0.4) is 0 Å². The number of hydrogen-bond donors (Lipinski definition) is 1. The van der Waals surface area contributed by atoms with Crippen LogP contribution in [-0.2, 0) is 6.42 Å². The summed E-state index contributed by atoms with van der Waals surface area (Å²) in [5, 5.41) is 12.6. The number of amides is 1. The zero-order chi connectivity index (χ0) is 21.4. The largest absolute Gasteiger partial charge is 0.489 e. The monoisotopic (exact) mass is 410 g/mol. The third-order valence-corrected chi connectivity index (χ3v) is 6.37. The van der Waals surface area contributed by atoms with Crippen LogP contribution < -0.4 is 10.1 Å². The molecule has 1 aliphatic rings. The fourth-order valence-corrected chi connectivity index (χ4v) is 4.91. The lowest BCUT2D eigenvalue weighted by molar-refractivity contribution is -0.164. The minimum absolute atomic E-state index is 0.0489. The number of hydrogen-bond acceptors (Lipinski definition) is 3. The molecule has 0 atom stereocenters. The average Bonchev–Trinajstić information content (AvgIpc) is 2.69. The van der Waals surface area contributed by atoms with Crippen LogP contribution in [0, 0.1) is 22.2 Å². The highest BCUT2D eigenvalue weighted by atomic mass is 35.5. The number of nitriles is 1. The van der Waals surface area contributed by atoms with E-state index in [0.29, 0.717) is 21.9 Å². The Bertz CT molecular complexity index is 942. The first-order valence-corrected chi connectivity index (χ1v) is 10.2. The van der Waals surface area contributed by atoms with E-state index in [9.17, 15) is 4.79 Å². The van der Waals surface area contributed by atoms with E-state index in [1.54, 1.807) is 18.2 Å². The second-order valence-electron chi connectivity index (χ2n) is 8.85. The van der Waals surface area contributed by atoms with Gasteiger partial charge >= 0.3 is 0 Å². The molecule has 0 radical (unpaired) electrons. The summed E-state index contributed by atoms with van der Waals surface area (Å²) < 4.78 is 6.26. The van der Waals surface area contributed by atoms with Crippen LogP contribution in [-0.4, -0.2) is 18.1 Å². The molecule has 2 aromatic carbocycles. The van der Waals surface area contributed by atoms with Gasteiger partial charge in [-0.3, -0.25) is 4.79 Å². The maximum Gasteiger partial charge on any atom is 0.251 e. The zero-order valence-corrected chi connectivity index (χ0v) is 18.3. The first-order chi connectivity index (χ1) is 13.6. The number of halogens is 1. The lowest BCUT2D eigenvalue weighted by atomic mass is 9.49. The predicted octanol–water partition coefficient (Wildman–Crippen LogP) is 5.39. The SMILES string of the molecule is CCc1ccc(C(=O)NC2C(C)(C)C(Oc3ccc(C#N)c(Cl)c3)C2(C)C)cc1. The minimum atomic E-state index is -0.275. The molecule has 1 aliphatic carbocycles. The van der Waals surface area contributed by atoms with E-state index in [-0.39, 0.29) is 28.9 Å². The number of carbonyl (C=O) groups excluding carboxylic acids is 1. The maximum atomic E-state index is 12.8. The lowest BCUT2D eigenvalue weighted by Gasteiger charge is -2.63. The summed E-state index contributed by atoms with van der Waals surface area (Å²) in [5.74, 6) is 0.554. The minimum Gasteiger partial charge on any atom is -0.489 e. The van der Waals surface area contributed by atoms with Gasteiger partial charge in [-0.2, -0.15) is 5.26 Å². The highest BCUT2D eigenvalue weighted by Crippen LogP contribution is 2.55. The number of nitrogens with zero attached hydrogens (tertiary/aromatic N) is 1. The summed E-state index contributed by atoms with van der Waals surface area (Å²) in [7, 11) is 0. The summed E-state index contributed by atoms with van der Waals surface area (Å²) >= 11 is 6.14. The third kappa shape index (κ3) is 3.84. The summed E-state index contributed by atoms with van der Waals surface area (Å²) in [6, 6.07) is 14.8. The van der Waals surface area contributed by atoms with Crippen LogP contribution in [0.15, 0.2) is 42.5 Å². The highest BCUT2D eigenvalue weighted by Gasteiger charge is 2.64. The van der Waals surface area contributed by atoms with Crippen molar-refractivity contribution in [2.75, 3.05) is 0 Å². The smallest absolute Gasteiger partial charge is 0.251 e. The van der Waals surface area contributed by atoms with Crippen LogP contribution in [0.1, 0.15) is 56.1 Å². The van der Waals surface area contributed by atoms with Crippen LogP contribution in [0.25, 0.3) is 0 Å². The zero-order valence-electron chi connectivity index (χ0n) is 17.5. The van der Waals surface area contributed by atoms with Crippen molar-refractivity contribution in [3.8, 4) is 11.8 Å². The van der Waals surface area contributed by atoms with Crippen molar-refractivity contribution in [2.45, 2.75) is 53.2 Å². The molecule has 1 amide bonds. The second-order valence-corrected chi connectivity index (χ2v) is 9.26.